The maximum Gasteiger partial charge on any atom is 0.399 e. The van der Waals surface area contributed by atoms with E-state index >= 15 is 0 Å². The van der Waals surface area contributed by atoms with Crippen molar-refractivity contribution in [2.75, 3.05) is 0 Å². The lowest BCUT2D eigenvalue weighted by molar-refractivity contribution is -0.131. The van der Waals surface area contributed by atoms with Gasteiger partial charge in [0.1, 0.15) is 11.4 Å². The molecule has 0 aromatic heterocycles. The van der Waals surface area contributed by atoms with Crippen LogP contribution in [0.3, 0.4) is 0 Å². The molecule has 0 aliphatic heterocycles. The first kappa shape index (κ1) is 9.80. The van der Waals surface area contributed by atoms with Gasteiger partial charge >= 0.3 is 11.7 Å². The van der Waals surface area contributed by atoms with E-state index in [2.05, 4.69) is 4.98 Å². The van der Waals surface area contributed by atoms with Gasteiger partial charge in [-0.05, 0) is 12.1 Å². The van der Waals surface area contributed by atoms with Crippen molar-refractivity contribution in [3.8, 4) is 0 Å². The summed E-state index contributed by atoms with van der Waals surface area (Å²) in [6.07, 6.45) is 0. The molecule has 0 saturated carbocycles. The third-order valence-electron chi connectivity index (χ3n) is 1.51. The fourth-order valence-corrected chi connectivity index (χ4v) is 0.895. The molecular weight excluding hydrogens is 191 g/mol. The van der Waals surface area contributed by atoms with Crippen LogP contribution in [0.2, 0.25) is 0 Å². The van der Waals surface area contributed by atoms with Gasteiger partial charge in [-0.3, -0.25) is 4.79 Å². The first-order valence-corrected chi connectivity index (χ1v) is 3.48. The Labute approximate surface area is 77.4 Å². The summed E-state index contributed by atoms with van der Waals surface area (Å²) in [6, 6.07) is 2.61. The van der Waals surface area contributed by atoms with Gasteiger partial charge in [0, 0.05) is 0 Å². The van der Waals surface area contributed by atoms with E-state index in [1.54, 1.807) is 0 Å². The molecular formula is C8H4FN2O3+. The Morgan fingerprint density at radius 1 is 1.43 bits per heavy atom. The van der Waals surface area contributed by atoms with Crippen LogP contribution in [0, 0.1) is 11.2 Å². The molecule has 0 aliphatic carbocycles. The second-order valence-corrected chi connectivity index (χ2v) is 2.40. The van der Waals surface area contributed by atoms with Crippen molar-refractivity contribution < 1.29 is 19.1 Å². The van der Waals surface area contributed by atoms with Crippen molar-refractivity contribution >= 4 is 17.4 Å². The van der Waals surface area contributed by atoms with Crippen molar-refractivity contribution in [1.29, 1.82) is 5.39 Å². The SMILES string of the molecule is N#[N+]c1cc(F)ccc1C(=O)C(=O)O. The minimum atomic E-state index is -1.69. The standard InChI is InChI=1S/C8H3FN2O3/c9-4-1-2-5(6(3-4)11-10)7(12)8(13)14/h1-3H/p+1. The van der Waals surface area contributed by atoms with E-state index in [0.29, 0.717) is 0 Å². The zero-order valence-corrected chi connectivity index (χ0v) is 6.77. The van der Waals surface area contributed by atoms with Crippen molar-refractivity contribution in [3.05, 3.63) is 34.6 Å². The molecule has 0 amide bonds. The molecule has 0 unspecified atom stereocenters. The monoisotopic (exact) mass is 195 g/mol. The van der Waals surface area contributed by atoms with Gasteiger partial charge in [-0.1, -0.05) is 0 Å². The minimum Gasteiger partial charge on any atom is -0.475 e. The molecule has 5 nitrogen and oxygen atoms in total. The van der Waals surface area contributed by atoms with Gasteiger partial charge in [-0.15, -0.1) is 0 Å². The molecule has 0 heterocycles. The van der Waals surface area contributed by atoms with E-state index in [0.717, 1.165) is 18.2 Å². The number of diazo groups is 1. The summed E-state index contributed by atoms with van der Waals surface area (Å²) in [6.45, 7) is 0. The lowest BCUT2D eigenvalue weighted by atomic mass is 10.1. The quantitative estimate of drug-likeness (QED) is 0.441. The number of benzene rings is 1. The smallest absolute Gasteiger partial charge is 0.399 e. The second-order valence-electron chi connectivity index (χ2n) is 2.40. The number of halogens is 1. The summed E-state index contributed by atoms with van der Waals surface area (Å²) in [7, 11) is 0. The zero-order valence-electron chi connectivity index (χ0n) is 6.77. The third-order valence-corrected chi connectivity index (χ3v) is 1.51. The Morgan fingerprint density at radius 2 is 2.07 bits per heavy atom. The van der Waals surface area contributed by atoms with Crippen LogP contribution in [0.4, 0.5) is 10.1 Å². The highest BCUT2D eigenvalue weighted by molar-refractivity contribution is 6.41. The van der Waals surface area contributed by atoms with E-state index in [1.165, 1.54) is 0 Å². The van der Waals surface area contributed by atoms with Gasteiger partial charge in [0.25, 0.3) is 5.78 Å². The predicted molar refractivity (Wildman–Crippen MR) is 43.1 cm³/mol. The van der Waals surface area contributed by atoms with E-state index in [1.807, 2.05) is 0 Å². The maximum absolute atomic E-state index is 12.6. The Morgan fingerprint density at radius 3 is 2.57 bits per heavy atom. The number of carbonyl (C=O) groups is 2. The predicted octanol–water partition coefficient (Wildman–Crippen LogP) is 1.58. The number of hydrogen-bond acceptors (Lipinski definition) is 3. The second kappa shape index (κ2) is 3.62. The molecule has 1 aromatic carbocycles. The fourth-order valence-electron chi connectivity index (χ4n) is 0.895. The third kappa shape index (κ3) is 1.72. The lowest BCUT2D eigenvalue weighted by Crippen LogP contribution is -2.12. The average Bonchev–Trinajstić information content (AvgIpc) is 2.16. The topological polar surface area (TPSA) is 82.5 Å². The van der Waals surface area contributed by atoms with Crippen LogP contribution < -0.4 is 0 Å². The molecule has 14 heavy (non-hydrogen) atoms. The molecule has 70 valence electrons. The number of aliphatic carboxylic acids is 1. The molecule has 0 aliphatic rings. The van der Waals surface area contributed by atoms with Gasteiger partial charge < -0.3 is 5.11 Å². The highest BCUT2D eigenvalue weighted by Gasteiger charge is 2.25. The fraction of sp³-hybridized carbons (Fsp3) is 0. The van der Waals surface area contributed by atoms with Crippen molar-refractivity contribution in [3.63, 3.8) is 0 Å². The number of Topliss-reactive ketones (excluding diaryl/α,β-unsaturated/α-hetero) is 1. The molecule has 0 atom stereocenters. The zero-order chi connectivity index (χ0) is 10.7. The van der Waals surface area contributed by atoms with Crippen molar-refractivity contribution in [1.82, 2.24) is 0 Å². The van der Waals surface area contributed by atoms with Gasteiger partial charge in [0.2, 0.25) is 5.39 Å². The van der Waals surface area contributed by atoms with Crippen LogP contribution in [-0.2, 0) is 4.79 Å². The summed E-state index contributed by atoms with van der Waals surface area (Å²) >= 11 is 0. The lowest BCUT2D eigenvalue weighted by Gasteiger charge is -1.91. The highest BCUT2D eigenvalue weighted by Crippen LogP contribution is 2.20. The Bertz CT molecular complexity index is 450. The molecule has 0 bridgehead atoms. The summed E-state index contributed by atoms with van der Waals surface area (Å²) in [5.41, 5.74) is -0.765. The molecule has 0 saturated heterocycles. The van der Waals surface area contributed by atoms with Gasteiger partial charge in [0.05, 0.1) is 6.07 Å². The summed E-state index contributed by atoms with van der Waals surface area (Å²) in [4.78, 5) is 23.8. The number of carbonyl (C=O) groups excluding carboxylic acids is 1. The molecule has 0 fully saturated rings. The first-order chi connectivity index (χ1) is 6.56. The summed E-state index contributed by atoms with van der Waals surface area (Å²) < 4.78 is 12.6. The van der Waals surface area contributed by atoms with E-state index in [4.69, 9.17) is 10.5 Å². The number of carboxylic acid groups (broad SMARTS) is 1. The number of hydrogen-bond donors (Lipinski definition) is 1. The van der Waals surface area contributed by atoms with Crippen LogP contribution in [0.15, 0.2) is 18.2 Å². The number of nitrogens with zero attached hydrogens (tertiary/aromatic N) is 2. The minimum absolute atomic E-state index is 0.360. The van der Waals surface area contributed by atoms with Crippen LogP contribution in [-0.4, -0.2) is 16.9 Å². The normalized spacial score (nSPS) is 9.14. The largest absolute Gasteiger partial charge is 0.475 e. The van der Waals surface area contributed by atoms with Crippen LogP contribution in [0.5, 0.6) is 0 Å². The van der Waals surface area contributed by atoms with E-state index in [-0.39, 0.29) is 5.56 Å². The number of rotatable bonds is 2. The van der Waals surface area contributed by atoms with Gasteiger partial charge in [0.15, 0.2) is 4.98 Å². The molecule has 0 spiro atoms. The number of carboxylic acids is 1. The Balaban J connectivity index is 3.30. The van der Waals surface area contributed by atoms with Crippen molar-refractivity contribution in [2.24, 2.45) is 0 Å². The van der Waals surface area contributed by atoms with Gasteiger partial charge in [-0.25, -0.2) is 9.18 Å². The summed E-state index contributed by atoms with van der Waals surface area (Å²) in [5, 5.41) is 16.7. The van der Waals surface area contributed by atoms with E-state index < -0.39 is 23.3 Å². The summed E-state index contributed by atoms with van der Waals surface area (Å²) in [5.74, 6) is -3.67. The van der Waals surface area contributed by atoms with Crippen LogP contribution >= 0.6 is 0 Å². The molecule has 1 rings (SSSR count). The van der Waals surface area contributed by atoms with E-state index in [9.17, 15) is 14.0 Å². The molecule has 1 N–H and O–H groups in total. The van der Waals surface area contributed by atoms with Crippen LogP contribution in [0.25, 0.3) is 4.98 Å². The highest BCUT2D eigenvalue weighted by atomic mass is 19.1. The first-order valence-electron chi connectivity index (χ1n) is 3.48. The Hall–Kier alpha value is -2.29. The molecule has 1 aromatic rings. The van der Waals surface area contributed by atoms with Crippen LogP contribution in [0.1, 0.15) is 10.4 Å². The molecule has 0 radical (unpaired) electrons. The average molecular weight is 195 g/mol. The van der Waals surface area contributed by atoms with Gasteiger partial charge in [-0.2, -0.15) is 0 Å². The Kier molecular flexibility index (Phi) is 2.53. The maximum atomic E-state index is 12.6. The molecule has 6 heteroatoms. The number of ketones is 1. The van der Waals surface area contributed by atoms with Crippen molar-refractivity contribution in [2.45, 2.75) is 0 Å².